The molecule has 1 aromatic carbocycles. The maximum Gasteiger partial charge on any atom is 0.293 e. The minimum atomic E-state index is -0.395. The number of amides is 1. The quantitative estimate of drug-likeness (QED) is 0.724. The minimum Gasteiger partial charge on any atom is -0.497 e. The summed E-state index contributed by atoms with van der Waals surface area (Å²) in [6.45, 7) is 3.63. The molecule has 0 spiro atoms. The van der Waals surface area contributed by atoms with Gasteiger partial charge >= 0.3 is 0 Å². The number of nitrogens with one attached hydrogen (secondary N) is 1. The molecule has 0 aliphatic carbocycles. The van der Waals surface area contributed by atoms with Crippen LogP contribution in [0.4, 0.5) is 5.88 Å². The van der Waals surface area contributed by atoms with E-state index in [9.17, 15) is 4.79 Å². The fourth-order valence-corrected chi connectivity index (χ4v) is 2.50. The highest BCUT2D eigenvalue weighted by Crippen LogP contribution is 2.27. The number of rotatable bonds is 6. The highest BCUT2D eigenvalue weighted by atomic mass is 16.5. The lowest BCUT2D eigenvalue weighted by Gasteiger charge is -2.09. The summed E-state index contributed by atoms with van der Waals surface area (Å²) < 4.78 is 21.4. The molecule has 26 heavy (non-hydrogen) atoms. The predicted molar refractivity (Wildman–Crippen MR) is 95.0 cm³/mol. The second-order valence-corrected chi connectivity index (χ2v) is 5.80. The SMILES string of the molecule is COc1ccc(OC)c(Cc2ccc(C(=O)Nc3onc(C)c3C)o2)c1. The maximum atomic E-state index is 12.3. The lowest BCUT2D eigenvalue weighted by atomic mass is 10.1. The van der Waals surface area contributed by atoms with Crippen molar-refractivity contribution >= 4 is 11.8 Å². The zero-order chi connectivity index (χ0) is 18.7. The number of benzene rings is 1. The molecule has 0 radical (unpaired) electrons. The van der Waals surface area contributed by atoms with Crippen LogP contribution in [0.3, 0.4) is 0 Å². The van der Waals surface area contributed by atoms with E-state index in [0.29, 0.717) is 18.1 Å². The average Bonchev–Trinajstić information content (AvgIpc) is 3.23. The predicted octanol–water partition coefficient (Wildman–Crippen LogP) is 3.74. The molecule has 2 heterocycles. The molecule has 0 unspecified atom stereocenters. The van der Waals surface area contributed by atoms with E-state index < -0.39 is 5.91 Å². The molecular weight excluding hydrogens is 336 g/mol. The molecule has 0 atom stereocenters. The number of hydrogen-bond acceptors (Lipinski definition) is 6. The van der Waals surface area contributed by atoms with Crippen LogP contribution in [-0.4, -0.2) is 25.3 Å². The van der Waals surface area contributed by atoms with E-state index in [0.717, 1.165) is 28.3 Å². The zero-order valence-electron chi connectivity index (χ0n) is 15.1. The largest absolute Gasteiger partial charge is 0.497 e. The Labute approximate surface area is 150 Å². The fraction of sp³-hybridized carbons (Fsp3) is 0.263. The van der Waals surface area contributed by atoms with Gasteiger partial charge in [0.1, 0.15) is 17.3 Å². The average molecular weight is 356 g/mol. The second-order valence-electron chi connectivity index (χ2n) is 5.80. The number of ether oxygens (including phenoxy) is 2. The van der Waals surface area contributed by atoms with Gasteiger partial charge in [0.25, 0.3) is 5.91 Å². The van der Waals surface area contributed by atoms with Gasteiger partial charge in [-0.3, -0.25) is 10.1 Å². The Hall–Kier alpha value is -3.22. The van der Waals surface area contributed by atoms with Gasteiger partial charge in [0, 0.05) is 17.5 Å². The number of nitrogens with zero attached hydrogens (tertiary/aromatic N) is 1. The molecule has 136 valence electrons. The van der Waals surface area contributed by atoms with Gasteiger partial charge in [-0.25, -0.2) is 0 Å². The first kappa shape index (κ1) is 17.6. The molecule has 1 N–H and O–H groups in total. The van der Waals surface area contributed by atoms with Crippen molar-refractivity contribution < 1.29 is 23.2 Å². The third-order valence-electron chi connectivity index (χ3n) is 4.12. The van der Waals surface area contributed by atoms with Crippen LogP contribution in [0, 0.1) is 13.8 Å². The Morgan fingerprint density at radius 3 is 2.62 bits per heavy atom. The second kappa shape index (κ2) is 7.35. The summed E-state index contributed by atoms with van der Waals surface area (Å²) in [7, 11) is 3.21. The van der Waals surface area contributed by atoms with Gasteiger partial charge in [0.2, 0.25) is 5.88 Å². The van der Waals surface area contributed by atoms with E-state index in [2.05, 4.69) is 10.5 Å². The monoisotopic (exact) mass is 356 g/mol. The van der Waals surface area contributed by atoms with Crippen LogP contribution in [0.2, 0.25) is 0 Å². The third-order valence-corrected chi connectivity index (χ3v) is 4.12. The van der Waals surface area contributed by atoms with E-state index in [4.69, 9.17) is 18.4 Å². The van der Waals surface area contributed by atoms with E-state index >= 15 is 0 Å². The van der Waals surface area contributed by atoms with Crippen LogP contribution >= 0.6 is 0 Å². The van der Waals surface area contributed by atoms with Crippen molar-refractivity contribution in [2.75, 3.05) is 19.5 Å². The molecule has 7 nitrogen and oxygen atoms in total. The molecule has 0 saturated carbocycles. The Balaban J connectivity index is 1.76. The fourth-order valence-electron chi connectivity index (χ4n) is 2.50. The number of aryl methyl sites for hydroxylation is 1. The molecule has 1 amide bonds. The molecule has 0 bridgehead atoms. The summed E-state index contributed by atoms with van der Waals surface area (Å²) in [6.07, 6.45) is 0.466. The number of anilines is 1. The van der Waals surface area contributed by atoms with Gasteiger partial charge in [0.05, 0.1) is 19.9 Å². The van der Waals surface area contributed by atoms with E-state index in [1.165, 1.54) is 0 Å². The topological polar surface area (TPSA) is 86.7 Å². The Morgan fingerprint density at radius 2 is 1.96 bits per heavy atom. The smallest absolute Gasteiger partial charge is 0.293 e. The summed E-state index contributed by atoms with van der Waals surface area (Å²) in [5, 5.41) is 6.47. The highest BCUT2D eigenvalue weighted by Gasteiger charge is 2.17. The molecule has 3 aromatic rings. The van der Waals surface area contributed by atoms with Crippen molar-refractivity contribution in [3.05, 3.63) is 58.7 Å². The Kier molecular flexibility index (Phi) is 4.97. The lowest BCUT2D eigenvalue weighted by Crippen LogP contribution is -2.11. The molecule has 0 aliphatic rings. The summed E-state index contributed by atoms with van der Waals surface area (Å²) in [4.78, 5) is 12.3. The van der Waals surface area contributed by atoms with E-state index in [1.807, 2.05) is 25.1 Å². The highest BCUT2D eigenvalue weighted by molar-refractivity contribution is 6.01. The summed E-state index contributed by atoms with van der Waals surface area (Å²) in [5.41, 5.74) is 2.41. The number of methoxy groups -OCH3 is 2. The summed E-state index contributed by atoms with van der Waals surface area (Å²) in [5.74, 6) is 2.19. The summed E-state index contributed by atoms with van der Waals surface area (Å²) in [6, 6.07) is 8.91. The number of carbonyl (C=O) groups is 1. The molecule has 0 saturated heterocycles. The van der Waals surface area contributed by atoms with E-state index in [-0.39, 0.29) is 5.76 Å². The molecule has 2 aromatic heterocycles. The number of carbonyl (C=O) groups excluding carboxylic acids is 1. The van der Waals surface area contributed by atoms with Crippen LogP contribution in [0.1, 0.15) is 33.1 Å². The van der Waals surface area contributed by atoms with Crippen LogP contribution in [-0.2, 0) is 6.42 Å². The standard InChI is InChI=1S/C19H20N2O5/c1-11-12(2)21-26-19(11)20-18(22)17-8-6-15(25-17)10-13-9-14(23-3)5-7-16(13)24-4/h5-9H,10H2,1-4H3,(H,20,22). The molecule has 0 fully saturated rings. The Bertz CT molecular complexity index is 926. The minimum absolute atomic E-state index is 0.190. The van der Waals surface area contributed by atoms with Crippen molar-refractivity contribution in [3.8, 4) is 11.5 Å². The number of hydrogen-bond donors (Lipinski definition) is 1. The van der Waals surface area contributed by atoms with Crippen LogP contribution < -0.4 is 14.8 Å². The number of aromatic nitrogens is 1. The van der Waals surface area contributed by atoms with Crippen molar-refractivity contribution in [1.29, 1.82) is 0 Å². The van der Waals surface area contributed by atoms with E-state index in [1.54, 1.807) is 33.3 Å². The van der Waals surface area contributed by atoms with Gasteiger partial charge in [-0.2, -0.15) is 0 Å². The van der Waals surface area contributed by atoms with Crippen molar-refractivity contribution in [2.24, 2.45) is 0 Å². The molecule has 0 aliphatic heterocycles. The van der Waals surface area contributed by atoms with Gasteiger partial charge in [-0.05, 0) is 44.2 Å². The van der Waals surface area contributed by atoms with Crippen LogP contribution in [0.15, 0.2) is 39.3 Å². The van der Waals surface area contributed by atoms with Gasteiger partial charge in [-0.1, -0.05) is 5.16 Å². The van der Waals surface area contributed by atoms with Crippen LogP contribution in [0.5, 0.6) is 11.5 Å². The first-order chi connectivity index (χ1) is 12.5. The maximum absolute atomic E-state index is 12.3. The first-order valence-electron chi connectivity index (χ1n) is 8.05. The zero-order valence-corrected chi connectivity index (χ0v) is 15.1. The molecular formula is C19H20N2O5. The number of furan rings is 1. The molecule has 7 heteroatoms. The Morgan fingerprint density at radius 1 is 1.15 bits per heavy atom. The first-order valence-corrected chi connectivity index (χ1v) is 8.05. The van der Waals surface area contributed by atoms with Gasteiger partial charge < -0.3 is 18.4 Å². The molecule has 3 rings (SSSR count). The van der Waals surface area contributed by atoms with Crippen molar-refractivity contribution in [3.63, 3.8) is 0 Å². The van der Waals surface area contributed by atoms with Crippen molar-refractivity contribution in [1.82, 2.24) is 5.16 Å². The van der Waals surface area contributed by atoms with Crippen LogP contribution in [0.25, 0.3) is 0 Å². The normalized spacial score (nSPS) is 10.6. The summed E-state index contributed by atoms with van der Waals surface area (Å²) >= 11 is 0. The lowest BCUT2D eigenvalue weighted by molar-refractivity contribution is 0.0992. The van der Waals surface area contributed by atoms with Gasteiger partial charge in [0.15, 0.2) is 5.76 Å². The van der Waals surface area contributed by atoms with Gasteiger partial charge in [-0.15, -0.1) is 0 Å². The third kappa shape index (κ3) is 3.56. The van der Waals surface area contributed by atoms with Crippen molar-refractivity contribution in [2.45, 2.75) is 20.3 Å².